The van der Waals surface area contributed by atoms with Crippen LogP contribution in [0.25, 0.3) is 0 Å². The summed E-state index contributed by atoms with van der Waals surface area (Å²) in [7, 11) is 0. The summed E-state index contributed by atoms with van der Waals surface area (Å²) < 4.78 is 0. The van der Waals surface area contributed by atoms with Crippen LogP contribution in [0.5, 0.6) is 0 Å². The van der Waals surface area contributed by atoms with Crippen molar-refractivity contribution in [1.29, 1.82) is 0 Å². The van der Waals surface area contributed by atoms with Gasteiger partial charge in [-0.15, -0.1) is 0 Å². The van der Waals surface area contributed by atoms with E-state index in [0.717, 1.165) is 38.5 Å². The SMILES string of the molecule is CCCCCCCCCCCCCCCCCCCCCCC/C=C/CC/C=C/CC/C=C/C(O)C(CO)NC(=O)CCCCCCCCCCCCCCCCCCCCCCCCCCCC. The number of amides is 1. The molecule has 0 aliphatic rings. The average Bonchev–Trinajstić information content (AvgIpc) is 3.35. The molecule has 69 heavy (non-hydrogen) atoms. The van der Waals surface area contributed by atoms with Crippen LogP contribution in [0.15, 0.2) is 36.5 Å². The second kappa shape index (κ2) is 60.9. The van der Waals surface area contributed by atoms with Crippen LogP contribution in [0.2, 0.25) is 0 Å². The average molecular weight is 969 g/mol. The molecule has 0 aliphatic heterocycles. The van der Waals surface area contributed by atoms with Crippen LogP contribution in [0, 0.1) is 0 Å². The van der Waals surface area contributed by atoms with Crippen LogP contribution in [0.3, 0.4) is 0 Å². The van der Waals surface area contributed by atoms with Crippen molar-refractivity contribution in [2.75, 3.05) is 6.61 Å². The lowest BCUT2D eigenvalue weighted by Gasteiger charge is -2.19. The molecular weight excluding hydrogens is 843 g/mol. The number of allylic oxidation sites excluding steroid dienone is 5. The van der Waals surface area contributed by atoms with Crippen molar-refractivity contribution in [3.05, 3.63) is 36.5 Å². The monoisotopic (exact) mass is 968 g/mol. The van der Waals surface area contributed by atoms with Crippen LogP contribution >= 0.6 is 0 Å². The summed E-state index contributed by atoms with van der Waals surface area (Å²) in [6.07, 6.45) is 83.5. The van der Waals surface area contributed by atoms with Gasteiger partial charge in [0, 0.05) is 6.42 Å². The van der Waals surface area contributed by atoms with Crippen molar-refractivity contribution < 1.29 is 15.0 Å². The molecule has 4 nitrogen and oxygen atoms in total. The van der Waals surface area contributed by atoms with Crippen LogP contribution in [-0.2, 0) is 4.79 Å². The van der Waals surface area contributed by atoms with Crippen LogP contribution in [0.1, 0.15) is 354 Å². The molecule has 0 spiro atoms. The van der Waals surface area contributed by atoms with Gasteiger partial charge in [0.05, 0.1) is 18.8 Å². The van der Waals surface area contributed by atoms with Crippen molar-refractivity contribution in [3.63, 3.8) is 0 Å². The van der Waals surface area contributed by atoms with E-state index in [0.29, 0.717) is 6.42 Å². The van der Waals surface area contributed by atoms with E-state index in [2.05, 4.69) is 43.5 Å². The van der Waals surface area contributed by atoms with E-state index >= 15 is 0 Å². The molecule has 0 saturated carbocycles. The summed E-state index contributed by atoms with van der Waals surface area (Å²) in [5.74, 6) is -0.0706. The third-order valence-electron chi connectivity index (χ3n) is 14.9. The lowest BCUT2D eigenvalue weighted by Crippen LogP contribution is -2.45. The molecule has 0 aromatic heterocycles. The van der Waals surface area contributed by atoms with Gasteiger partial charge in [-0.3, -0.25) is 4.79 Å². The third kappa shape index (κ3) is 57.4. The zero-order chi connectivity index (χ0) is 49.9. The summed E-state index contributed by atoms with van der Waals surface area (Å²) in [6, 6.07) is -0.645. The van der Waals surface area contributed by atoms with Gasteiger partial charge in [0.2, 0.25) is 5.91 Å². The Morgan fingerprint density at radius 1 is 0.333 bits per heavy atom. The fourth-order valence-corrected chi connectivity index (χ4v) is 10.0. The summed E-state index contributed by atoms with van der Waals surface area (Å²) in [6.45, 7) is 4.34. The lowest BCUT2D eigenvalue weighted by molar-refractivity contribution is -0.123. The van der Waals surface area contributed by atoms with Gasteiger partial charge in [0.15, 0.2) is 0 Å². The van der Waals surface area contributed by atoms with Crippen molar-refractivity contribution in [3.8, 4) is 0 Å². The Hall–Kier alpha value is -1.39. The van der Waals surface area contributed by atoms with Crippen molar-refractivity contribution in [2.24, 2.45) is 0 Å². The number of rotatable bonds is 59. The quantitative estimate of drug-likeness (QED) is 0.0420. The van der Waals surface area contributed by atoms with E-state index in [-0.39, 0.29) is 12.5 Å². The molecule has 0 bridgehead atoms. The standard InChI is InChI=1S/C65H125NO3/c1-3-5-7-9-11-13-15-17-19-21-23-25-27-29-31-32-33-34-35-36-38-40-42-44-46-48-50-52-54-56-58-60-64(68)63(62-67)66-65(69)61-59-57-55-53-51-49-47-45-43-41-39-37-30-28-26-24-22-20-18-16-14-12-10-8-6-4-2/h42,44,50,52,58,60,63-64,67-68H,3-41,43,45-49,51,53-57,59,61-62H2,1-2H3,(H,66,69)/b44-42+,52-50+,60-58+. The molecule has 0 aliphatic carbocycles. The molecule has 4 heteroatoms. The topological polar surface area (TPSA) is 69.6 Å². The molecule has 0 aromatic carbocycles. The largest absolute Gasteiger partial charge is 0.394 e. The Morgan fingerprint density at radius 3 is 0.841 bits per heavy atom. The highest BCUT2D eigenvalue weighted by molar-refractivity contribution is 5.76. The molecule has 0 radical (unpaired) electrons. The Kier molecular flexibility index (Phi) is 59.7. The molecule has 0 fully saturated rings. The molecule has 1 amide bonds. The third-order valence-corrected chi connectivity index (χ3v) is 14.9. The lowest BCUT2D eigenvalue weighted by atomic mass is 10.0. The molecule has 3 N–H and O–H groups in total. The van der Waals surface area contributed by atoms with Gasteiger partial charge >= 0.3 is 0 Å². The number of hydrogen-bond donors (Lipinski definition) is 3. The number of aliphatic hydroxyl groups is 2. The van der Waals surface area contributed by atoms with Crippen molar-refractivity contribution >= 4 is 5.91 Å². The van der Waals surface area contributed by atoms with Gasteiger partial charge in [-0.2, -0.15) is 0 Å². The first kappa shape index (κ1) is 67.6. The van der Waals surface area contributed by atoms with Crippen molar-refractivity contribution in [2.45, 2.75) is 366 Å². The number of hydrogen-bond acceptors (Lipinski definition) is 3. The van der Waals surface area contributed by atoms with Crippen LogP contribution < -0.4 is 5.32 Å². The first-order valence-electron chi connectivity index (χ1n) is 31.7. The van der Waals surface area contributed by atoms with Gasteiger partial charge in [0.25, 0.3) is 0 Å². The predicted molar refractivity (Wildman–Crippen MR) is 308 cm³/mol. The maximum absolute atomic E-state index is 12.5. The Balaban J connectivity index is 3.49. The predicted octanol–water partition coefficient (Wildman–Crippen LogP) is 21.2. The number of carbonyl (C=O) groups is 1. The van der Waals surface area contributed by atoms with E-state index in [1.807, 2.05) is 6.08 Å². The highest BCUT2D eigenvalue weighted by atomic mass is 16.3. The summed E-state index contributed by atoms with van der Waals surface area (Å²) in [5.41, 5.74) is 0. The second-order valence-corrected chi connectivity index (χ2v) is 21.8. The number of nitrogens with one attached hydrogen (secondary N) is 1. The molecule has 0 heterocycles. The van der Waals surface area contributed by atoms with Gasteiger partial charge in [-0.25, -0.2) is 0 Å². The Morgan fingerprint density at radius 2 is 0.565 bits per heavy atom. The smallest absolute Gasteiger partial charge is 0.220 e. The zero-order valence-electron chi connectivity index (χ0n) is 47.1. The number of carbonyl (C=O) groups excluding carboxylic acids is 1. The highest BCUT2D eigenvalue weighted by Gasteiger charge is 2.18. The molecular formula is C65H125NO3. The summed E-state index contributed by atoms with van der Waals surface area (Å²) >= 11 is 0. The molecule has 408 valence electrons. The number of aliphatic hydroxyl groups excluding tert-OH is 2. The van der Waals surface area contributed by atoms with E-state index in [4.69, 9.17) is 0 Å². The minimum Gasteiger partial charge on any atom is -0.394 e. The Bertz CT molecular complexity index is 1050. The fourth-order valence-electron chi connectivity index (χ4n) is 10.0. The van der Waals surface area contributed by atoms with Gasteiger partial charge in [-0.05, 0) is 44.9 Å². The summed E-state index contributed by atoms with van der Waals surface area (Å²) in [5, 5.41) is 23.2. The normalized spacial score (nSPS) is 12.9. The maximum atomic E-state index is 12.5. The van der Waals surface area contributed by atoms with Gasteiger partial charge in [0.1, 0.15) is 0 Å². The minimum atomic E-state index is -0.870. The molecule has 2 atom stereocenters. The second-order valence-electron chi connectivity index (χ2n) is 21.8. The summed E-state index contributed by atoms with van der Waals surface area (Å²) in [4.78, 5) is 12.5. The fraction of sp³-hybridized carbons (Fsp3) is 0.892. The van der Waals surface area contributed by atoms with Gasteiger partial charge < -0.3 is 15.5 Å². The minimum absolute atomic E-state index is 0.0706. The maximum Gasteiger partial charge on any atom is 0.220 e. The van der Waals surface area contributed by atoms with E-state index < -0.39 is 12.1 Å². The molecule has 0 rings (SSSR count). The van der Waals surface area contributed by atoms with E-state index in [9.17, 15) is 15.0 Å². The Labute approximate surface area is 433 Å². The number of unbranched alkanes of at least 4 members (excludes halogenated alkanes) is 48. The van der Waals surface area contributed by atoms with Crippen LogP contribution in [0.4, 0.5) is 0 Å². The van der Waals surface area contributed by atoms with E-state index in [1.54, 1.807) is 6.08 Å². The first-order valence-corrected chi connectivity index (χ1v) is 31.7. The van der Waals surface area contributed by atoms with Crippen molar-refractivity contribution in [1.82, 2.24) is 5.32 Å². The zero-order valence-corrected chi connectivity index (χ0v) is 47.1. The molecule has 0 aromatic rings. The first-order chi connectivity index (χ1) is 34.2. The van der Waals surface area contributed by atoms with Gasteiger partial charge in [-0.1, -0.05) is 339 Å². The van der Waals surface area contributed by atoms with Crippen LogP contribution in [-0.4, -0.2) is 34.9 Å². The molecule has 2 unspecified atom stereocenters. The van der Waals surface area contributed by atoms with E-state index in [1.165, 1.54) is 295 Å². The molecule has 0 saturated heterocycles. The highest BCUT2D eigenvalue weighted by Crippen LogP contribution is 2.18.